The van der Waals surface area contributed by atoms with Gasteiger partial charge in [-0.2, -0.15) is 0 Å². The number of carbonyl (C=O) groups excluding carboxylic acids is 2. The van der Waals surface area contributed by atoms with E-state index in [-0.39, 0.29) is 23.2 Å². The molecule has 1 saturated heterocycles. The fourth-order valence-corrected chi connectivity index (χ4v) is 6.15. The van der Waals surface area contributed by atoms with E-state index < -0.39 is 5.82 Å². The molecule has 0 spiro atoms. The van der Waals surface area contributed by atoms with Gasteiger partial charge in [-0.3, -0.25) is 14.5 Å². The van der Waals surface area contributed by atoms with E-state index in [0.29, 0.717) is 22.4 Å². The second-order valence-electron chi connectivity index (χ2n) is 10.0. The van der Waals surface area contributed by atoms with E-state index in [1.54, 1.807) is 18.2 Å². The van der Waals surface area contributed by atoms with Gasteiger partial charge >= 0.3 is 0 Å². The highest BCUT2D eigenvalue weighted by atomic mass is 32.2. The molecule has 1 fully saturated rings. The van der Waals surface area contributed by atoms with E-state index in [4.69, 9.17) is 0 Å². The zero-order chi connectivity index (χ0) is 24.1. The third-order valence-electron chi connectivity index (χ3n) is 6.63. The lowest BCUT2D eigenvalue weighted by Gasteiger charge is -2.50. The van der Waals surface area contributed by atoms with Crippen molar-refractivity contribution in [3.05, 3.63) is 69.4 Å². The Balaban J connectivity index is 1.68. The lowest BCUT2D eigenvalue weighted by atomic mass is 9.78. The Kier molecular flexibility index (Phi) is 6.16. The minimum Gasteiger partial charge on any atom is -0.364 e. The van der Waals surface area contributed by atoms with E-state index in [9.17, 15) is 14.0 Å². The number of carbonyl (C=O) groups is 2. The van der Waals surface area contributed by atoms with Gasteiger partial charge in [-0.15, -0.1) is 0 Å². The number of anilines is 1. The largest absolute Gasteiger partial charge is 0.364 e. The van der Waals surface area contributed by atoms with Crippen LogP contribution in [-0.2, 0) is 11.3 Å². The number of thioether (sulfide) groups is 1. The highest BCUT2D eigenvalue weighted by Crippen LogP contribution is 2.46. The van der Waals surface area contributed by atoms with Crippen molar-refractivity contribution in [3.63, 3.8) is 0 Å². The van der Waals surface area contributed by atoms with Crippen molar-refractivity contribution in [2.75, 3.05) is 4.90 Å². The van der Waals surface area contributed by atoms with E-state index in [1.165, 1.54) is 17.3 Å². The molecule has 2 aromatic rings. The van der Waals surface area contributed by atoms with Crippen LogP contribution in [0.15, 0.2) is 41.3 Å². The van der Waals surface area contributed by atoms with Gasteiger partial charge in [-0.1, -0.05) is 25.1 Å². The molecule has 2 amide bonds. The molecule has 33 heavy (non-hydrogen) atoms. The Bertz CT molecular complexity index is 1150. The number of hydrogen-bond donors (Lipinski definition) is 0. The van der Waals surface area contributed by atoms with Crippen molar-refractivity contribution >= 4 is 34.7 Å². The SMILES string of the molecule is Cc1cc2c(cc1/C=C1\SC(=O)N(Cc3ccccc3F)C1=O)[C@H](C)CC(C)(C)N2C(C)C. The zero-order valence-electron chi connectivity index (χ0n) is 20.1. The van der Waals surface area contributed by atoms with Gasteiger partial charge in [0, 0.05) is 22.8 Å². The zero-order valence-corrected chi connectivity index (χ0v) is 20.9. The summed E-state index contributed by atoms with van der Waals surface area (Å²) in [4.78, 5) is 29.6. The van der Waals surface area contributed by atoms with Crippen LogP contribution in [-0.4, -0.2) is 27.6 Å². The molecule has 0 bridgehead atoms. The van der Waals surface area contributed by atoms with E-state index >= 15 is 0 Å². The van der Waals surface area contributed by atoms with Gasteiger partial charge in [0.25, 0.3) is 11.1 Å². The van der Waals surface area contributed by atoms with Gasteiger partial charge in [0.15, 0.2) is 0 Å². The van der Waals surface area contributed by atoms with Gasteiger partial charge in [0.2, 0.25) is 0 Å². The average Bonchev–Trinajstić information content (AvgIpc) is 2.97. The summed E-state index contributed by atoms with van der Waals surface area (Å²) >= 11 is 0.920. The number of halogens is 1. The Morgan fingerprint density at radius 3 is 2.58 bits per heavy atom. The average molecular weight is 467 g/mol. The monoisotopic (exact) mass is 466 g/mol. The highest BCUT2D eigenvalue weighted by molar-refractivity contribution is 8.18. The maximum atomic E-state index is 14.1. The molecule has 4 nitrogen and oxygen atoms in total. The summed E-state index contributed by atoms with van der Waals surface area (Å²) in [5.41, 5.74) is 4.91. The molecule has 174 valence electrons. The first-order valence-corrected chi connectivity index (χ1v) is 12.2. The molecule has 0 N–H and O–H groups in total. The van der Waals surface area contributed by atoms with Gasteiger partial charge in [0.1, 0.15) is 5.82 Å². The fraction of sp³-hybridized carbons (Fsp3) is 0.407. The van der Waals surface area contributed by atoms with Crippen molar-refractivity contribution in [2.45, 2.75) is 72.0 Å². The van der Waals surface area contributed by atoms with Crippen LogP contribution in [0.3, 0.4) is 0 Å². The van der Waals surface area contributed by atoms with Gasteiger partial charge in [-0.25, -0.2) is 4.39 Å². The summed E-state index contributed by atoms with van der Waals surface area (Å²) in [5, 5.41) is -0.369. The van der Waals surface area contributed by atoms with Crippen LogP contribution in [0, 0.1) is 12.7 Å². The minimum absolute atomic E-state index is 0.0594. The van der Waals surface area contributed by atoms with Crippen molar-refractivity contribution in [1.82, 2.24) is 4.90 Å². The maximum absolute atomic E-state index is 14.1. The standard InChI is InChI=1S/C27H31FN2O2S/c1-16(2)30-23-11-17(3)20(12-21(23)18(4)14-27(30,5)6)13-24-25(31)29(26(32)33-24)15-19-9-7-8-10-22(19)28/h7-13,16,18H,14-15H2,1-6H3/b24-13-/t18-/m1/s1. The molecule has 0 aliphatic carbocycles. The Morgan fingerprint density at radius 2 is 1.91 bits per heavy atom. The van der Waals surface area contributed by atoms with Crippen molar-refractivity contribution in [2.24, 2.45) is 0 Å². The van der Waals surface area contributed by atoms with Crippen LogP contribution in [0.5, 0.6) is 0 Å². The lowest BCUT2D eigenvalue weighted by Crippen LogP contribution is -2.51. The van der Waals surface area contributed by atoms with E-state index in [2.05, 4.69) is 51.7 Å². The molecule has 0 aromatic heterocycles. The molecule has 2 heterocycles. The van der Waals surface area contributed by atoms with Crippen LogP contribution >= 0.6 is 11.8 Å². The number of benzene rings is 2. The normalized spacial score (nSPS) is 21.3. The second-order valence-corrected chi connectivity index (χ2v) is 11.0. The third-order valence-corrected chi connectivity index (χ3v) is 7.53. The van der Waals surface area contributed by atoms with Crippen molar-refractivity contribution in [1.29, 1.82) is 0 Å². The summed E-state index contributed by atoms with van der Waals surface area (Å²) in [5.74, 6) is -0.407. The predicted molar refractivity (Wildman–Crippen MR) is 134 cm³/mol. The van der Waals surface area contributed by atoms with Crippen LogP contribution in [0.25, 0.3) is 6.08 Å². The number of fused-ring (bicyclic) bond motifs is 1. The van der Waals surface area contributed by atoms with E-state index in [0.717, 1.165) is 34.2 Å². The van der Waals surface area contributed by atoms with Crippen LogP contribution < -0.4 is 4.90 Å². The molecule has 2 aliphatic rings. The first-order chi connectivity index (χ1) is 15.5. The molecule has 0 unspecified atom stereocenters. The third kappa shape index (κ3) is 4.33. The first-order valence-electron chi connectivity index (χ1n) is 11.4. The number of amides is 2. The molecular formula is C27H31FN2O2S. The van der Waals surface area contributed by atoms with Gasteiger partial charge < -0.3 is 4.90 Å². The van der Waals surface area contributed by atoms with Crippen molar-refractivity contribution in [3.8, 4) is 0 Å². The van der Waals surface area contributed by atoms with Crippen molar-refractivity contribution < 1.29 is 14.0 Å². The van der Waals surface area contributed by atoms with Crippen LogP contribution in [0.4, 0.5) is 14.9 Å². The Labute approximate surface area is 199 Å². The number of imide groups is 1. The molecule has 0 radical (unpaired) electrons. The number of hydrogen-bond acceptors (Lipinski definition) is 4. The summed E-state index contributed by atoms with van der Waals surface area (Å²) < 4.78 is 14.1. The fourth-order valence-electron chi connectivity index (χ4n) is 5.32. The molecule has 2 aliphatic heterocycles. The minimum atomic E-state index is -0.419. The number of rotatable bonds is 4. The second kappa shape index (κ2) is 8.64. The van der Waals surface area contributed by atoms with Gasteiger partial charge in [0.05, 0.1) is 11.4 Å². The Hall–Kier alpha value is -2.60. The van der Waals surface area contributed by atoms with Crippen LogP contribution in [0.1, 0.15) is 69.2 Å². The van der Waals surface area contributed by atoms with E-state index in [1.807, 2.05) is 13.0 Å². The molecule has 4 rings (SSSR count). The Morgan fingerprint density at radius 1 is 1.21 bits per heavy atom. The van der Waals surface area contributed by atoms with Gasteiger partial charge in [-0.05, 0) is 99.7 Å². The first kappa shape index (κ1) is 23.6. The summed E-state index contributed by atoms with van der Waals surface area (Å²) in [6.07, 6.45) is 2.86. The number of aryl methyl sites for hydroxylation is 1. The quantitative estimate of drug-likeness (QED) is 0.461. The summed E-state index contributed by atoms with van der Waals surface area (Å²) in [7, 11) is 0. The molecule has 0 saturated carbocycles. The molecule has 1 atom stereocenters. The highest BCUT2D eigenvalue weighted by Gasteiger charge is 2.39. The molecule has 6 heteroatoms. The summed E-state index contributed by atoms with van der Waals surface area (Å²) in [6.45, 7) is 13.3. The maximum Gasteiger partial charge on any atom is 0.293 e. The molecular weight excluding hydrogens is 435 g/mol. The predicted octanol–water partition coefficient (Wildman–Crippen LogP) is 6.87. The smallest absolute Gasteiger partial charge is 0.293 e. The molecule has 2 aromatic carbocycles. The number of nitrogens with zero attached hydrogens (tertiary/aromatic N) is 2. The topological polar surface area (TPSA) is 40.6 Å². The van der Waals surface area contributed by atoms with Crippen LogP contribution in [0.2, 0.25) is 0 Å². The summed E-state index contributed by atoms with van der Waals surface area (Å²) in [6, 6.07) is 11.0. The lowest BCUT2D eigenvalue weighted by molar-refractivity contribution is -0.123.